The topological polar surface area (TPSA) is 58.3 Å². The monoisotopic (exact) mass is 268 g/mol. The second-order valence-corrected chi connectivity index (χ2v) is 6.94. The van der Waals surface area contributed by atoms with Crippen molar-refractivity contribution < 1.29 is 5.11 Å². The van der Waals surface area contributed by atoms with Crippen LogP contribution in [0.2, 0.25) is 0 Å². The van der Waals surface area contributed by atoms with Crippen LogP contribution in [-0.2, 0) is 0 Å². The zero-order valence-electron chi connectivity index (χ0n) is 12.6. The number of rotatable bonds is 3. The lowest BCUT2D eigenvalue weighted by molar-refractivity contribution is -0.125. The molecule has 0 amide bonds. The summed E-state index contributed by atoms with van der Waals surface area (Å²) in [7, 11) is 0. The summed E-state index contributed by atoms with van der Waals surface area (Å²) >= 11 is 0. The average molecular weight is 268 g/mol. The second kappa shape index (κ2) is 6.55. The Morgan fingerprint density at radius 2 is 1.79 bits per heavy atom. The van der Waals surface area contributed by atoms with Gasteiger partial charge in [0.15, 0.2) is 0 Å². The van der Waals surface area contributed by atoms with Gasteiger partial charge in [0.1, 0.15) is 0 Å². The Bertz CT molecular complexity index is 264. The normalized spacial score (nSPS) is 32.1. The predicted octanol–water partition coefficient (Wildman–Crippen LogP) is 2.43. The molecular weight excluding hydrogens is 236 g/mol. The minimum atomic E-state index is -0.619. The van der Waals surface area contributed by atoms with Crippen molar-refractivity contribution in [3.63, 3.8) is 0 Å². The standard InChI is InChI=1S/C16H32N2O/c1-15(19,14-8-7-11-18-12-14)16(13-17)9-5-3-2-4-6-10-16/h14,18-19H,2-13,17H2,1H3. The van der Waals surface area contributed by atoms with E-state index < -0.39 is 5.60 Å². The van der Waals surface area contributed by atoms with Gasteiger partial charge in [-0.05, 0) is 39.2 Å². The molecule has 2 unspecified atom stereocenters. The molecule has 1 saturated carbocycles. The zero-order valence-corrected chi connectivity index (χ0v) is 12.6. The van der Waals surface area contributed by atoms with Gasteiger partial charge < -0.3 is 16.2 Å². The van der Waals surface area contributed by atoms with Crippen LogP contribution in [0.25, 0.3) is 0 Å². The highest BCUT2D eigenvalue weighted by molar-refractivity contribution is 5.02. The van der Waals surface area contributed by atoms with E-state index in [2.05, 4.69) is 12.2 Å². The minimum absolute atomic E-state index is 0.0584. The minimum Gasteiger partial charge on any atom is -0.389 e. The fourth-order valence-electron chi connectivity index (χ4n) is 4.26. The lowest BCUT2D eigenvalue weighted by Gasteiger charge is -2.51. The molecule has 2 atom stereocenters. The maximum Gasteiger partial charge on any atom is 0.0727 e. The van der Waals surface area contributed by atoms with Crippen LogP contribution in [0.1, 0.15) is 64.7 Å². The molecule has 0 aromatic heterocycles. The van der Waals surface area contributed by atoms with Gasteiger partial charge in [0.2, 0.25) is 0 Å². The van der Waals surface area contributed by atoms with E-state index in [0.29, 0.717) is 12.5 Å². The van der Waals surface area contributed by atoms with Crippen LogP contribution < -0.4 is 11.1 Å². The first-order chi connectivity index (χ1) is 9.12. The molecule has 2 aliphatic rings. The number of aliphatic hydroxyl groups is 1. The number of nitrogens with two attached hydrogens (primary N) is 1. The molecule has 19 heavy (non-hydrogen) atoms. The molecule has 2 rings (SSSR count). The Labute approximate surface area is 118 Å². The molecule has 0 bridgehead atoms. The van der Waals surface area contributed by atoms with Crippen LogP contribution >= 0.6 is 0 Å². The summed E-state index contributed by atoms with van der Waals surface area (Å²) < 4.78 is 0. The van der Waals surface area contributed by atoms with Crippen molar-refractivity contribution in [2.75, 3.05) is 19.6 Å². The van der Waals surface area contributed by atoms with Crippen molar-refractivity contribution in [3.8, 4) is 0 Å². The predicted molar refractivity (Wildman–Crippen MR) is 80.0 cm³/mol. The van der Waals surface area contributed by atoms with Gasteiger partial charge in [-0.15, -0.1) is 0 Å². The maximum atomic E-state index is 11.3. The molecule has 4 N–H and O–H groups in total. The van der Waals surface area contributed by atoms with Crippen LogP contribution in [0, 0.1) is 11.3 Å². The van der Waals surface area contributed by atoms with Gasteiger partial charge in [0.25, 0.3) is 0 Å². The van der Waals surface area contributed by atoms with Crippen LogP contribution in [0.5, 0.6) is 0 Å². The zero-order chi connectivity index (χ0) is 13.8. The summed E-state index contributed by atoms with van der Waals surface area (Å²) in [5, 5.41) is 14.8. The van der Waals surface area contributed by atoms with Crippen LogP contribution in [0.15, 0.2) is 0 Å². The first kappa shape index (κ1) is 15.3. The van der Waals surface area contributed by atoms with E-state index in [-0.39, 0.29) is 5.41 Å². The fourth-order valence-corrected chi connectivity index (χ4v) is 4.26. The number of hydrogen-bond acceptors (Lipinski definition) is 3. The molecule has 0 aromatic rings. The van der Waals surface area contributed by atoms with Gasteiger partial charge in [-0.2, -0.15) is 0 Å². The molecule has 3 heteroatoms. The smallest absolute Gasteiger partial charge is 0.0727 e. The van der Waals surface area contributed by atoms with Crippen LogP contribution in [0.3, 0.4) is 0 Å². The SMILES string of the molecule is CC(O)(C1CCCNC1)C1(CN)CCCCCCC1. The van der Waals surface area contributed by atoms with Gasteiger partial charge >= 0.3 is 0 Å². The third kappa shape index (κ3) is 3.14. The molecule has 1 heterocycles. The summed E-state index contributed by atoms with van der Waals surface area (Å²) in [6, 6.07) is 0. The van der Waals surface area contributed by atoms with Crippen molar-refractivity contribution in [2.24, 2.45) is 17.1 Å². The molecule has 2 fully saturated rings. The van der Waals surface area contributed by atoms with Crippen molar-refractivity contribution in [2.45, 2.75) is 70.3 Å². The number of piperidine rings is 1. The van der Waals surface area contributed by atoms with E-state index in [1.807, 2.05) is 0 Å². The maximum absolute atomic E-state index is 11.3. The lowest BCUT2D eigenvalue weighted by atomic mass is 9.60. The molecule has 1 aliphatic heterocycles. The molecule has 1 aliphatic carbocycles. The molecule has 0 aromatic carbocycles. The highest BCUT2D eigenvalue weighted by Gasteiger charge is 2.49. The van der Waals surface area contributed by atoms with Gasteiger partial charge in [-0.3, -0.25) is 0 Å². The van der Waals surface area contributed by atoms with Crippen molar-refractivity contribution >= 4 is 0 Å². The number of nitrogens with one attached hydrogen (secondary N) is 1. The van der Waals surface area contributed by atoms with E-state index >= 15 is 0 Å². The van der Waals surface area contributed by atoms with Gasteiger partial charge in [0.05, 0.1) is 5.60 Å². The Balaban J connectivity index is 2.15. The quantitative estimate of drug-likeness (QED) is 0.737. The van der Waals surface area contributed by atoms with E-state index in [1.165, 1.54) is 38.5 Å². The summed E-state index contributed by atoms with van der Waals surface area (Å²) in [5.41, 5.74) is 5.49. The Morgan fingerprint density at radius 3 is 2.32 bits per heavy atom. The first-order valence-corrected chi connectivity index (χ1v) is 8.25. The Hall–Kier alpha value is -0.120. The van der Waals surface area contributed by atoms with Crippen LogP contribution in [-0.4, -0.2) is 30.3 Å². The first-order valence-electron chi connectivity index (χ1n) is 8.25. The fraction of sp³-hybridized carbons (Fsp3) is 1.00. The molecule has 112 valence electrons. The molecule has 0 spiro atoms. The molecular formula is C16H32N2O. The number of hydrogen-bond donors (Lipinski definition) is 3. The molecule has 0 radical (unpaired) electrons. The van der Waals surface area contributed by atoms with Gasteiger partial charge in [0, 0.05) is 24.4 Å². The highest BCUT2D eigenvalue weighted by atomic mass is 16.3. The van der Waals surface area contributed by atoms with Gasteiger partial charge in [-0.1, -0.05) is 32.1 Å². The van der Waals surface area contributed by atoms with E-state index in [9.17, 15) is 5.11 Å². The van der Waals surface area contributed by atoms with Crippen molar-refractivity contribution in [3.05, 3.63) is 0 Å². The summed E-state index contributed by atoms with van der Waals surface area (Å²) in [4.78, 5) is 0. The van der Waals surface area contributed by atoms with E-state index in [0.717, 1.165) is 32.4 Å². The summed E-state index contributed by atoms with van der Waals surface area (Å²) in [5.74, 6) is 0.365. The largest absolute Gasteiger partial charge is 0.389 e. The van der Waals surface area contributed by atoms with E-state index in [1.54, 1.807) is 0 Å². The summed E-state index contributed by atoms with van der Waals surface area (Å²) in [6.07, 6.45) is 11.0. The third-order valence-electron chi connectivity index (χ3n) is 5.87. The lowest BCUT2D eigenvalue weighted by Crippen LogP contribution is -2.58. The molecule has 1 saturated heterocycles. The highest BCUT2D eigenvalue weighted by Crippen LogP contribution is 2.47. The van der Waals surface area contributed by atoms with Gasteiger partial charge in [-0.25, -0.2) is 0 Å². The van der Waals surface area contributed by atoms with E-state index in [4.69, 9.17) is 5.73 Å². The summed E-state index contributed by atoms with van der Waals surface area (Å²) in [6.45, 7) is 4.76. The van der Waals surface area contributed by atoms with Crippen molar-refractivity contribution in [1.82, 2.24) is 5.32 Å². The average Bonchev–Trinajstić information content (AvgIpc) is 2.40. The second-order valence-electron chi connectivity index (χ2n) is 6.94. The Morgan fingerprint density at radius 1 is 1.16 bits per heavy atom. The molecule has 3 nitrogen and oxygen atoms in total. The van der Waals surface area contributed by atoms with Crippen molar-refractivity contribution in [1.29, 1.82) is 0 Å². The van der Waals surface area contributed by atoms with Crippen LogP contribution in [0.4, 0.5) is 0 Å². The third-order valence-corrected chi connectivity index (χ3v) is 5.87. The Kier molecular flexibility index (Phi) is 5.27.